The second-order valence-electron chi connectivity index (χ2n) is 7.32. The Hall–Kier alpha value is -0.835. The number of rotatable bonds is 3. The van der Waals surface area contributed by atoms with Gasteiger partial charge >= 0.3 is 7.12 Å². The van der Waals surface area contributed by atoms with E-state index >= 15 is 0 Å². The summed E-state index contributed by atoms with van der Waals surface area (Å²) in [6, 6.07) is 8.07. The first-order chi connectivity index (χ1) is 9.00. The van der Waals surface area contributed by atoms with Crippen molar-refractivity contribution in [3.8, 4) is 0 Å². The molecule has 1 N–H and O–H groups in total. The third-order valence-electron chi connectivity index (χ3n) is 4.11. The van der Waals surface area contributed by atoms with E-state index in [0.717, 1.165) is 11.0 Å². The molecule has 0 radical (unpaired) electrons. The quantitative estimate of drug-likeness (QED) is 0.861. The van der Waals surface area contributed by atoms with E-state index in [1.165, 1.54) is 0 Å². The van der Waals surface area contributed by atoms with E-state index in [-0.39, 0.29) is 18.3 Å². The van der Waals surface area contributed by atoms with E-state index in [0.29, 0.717) is 6.42 Å². The summed E-state index contributed by atoms with van der Waals surface area (Å²) in [6.07, 6.45) is 0.611. The van der Waals surface area contributed by atoms with Gasteiger partial charge < -0.3 is 14.4 Å². The number of hydrogen-bond donors (Lipinski definition) is 1. The first kappa shape index (κ1) is 15.6. The molecule has 3 nitrogen and oxygen atoms in total. The molecule has 2 rings (SSSR count). The molecular formula is C16H25BO3. The van der Waals surface area contributed by atoms with Gasteiger partial charge in [-0.3, -0.25) is 0 Å². The minimum absolute atomic E-state index is 0.329. The zero-order valence-electron chi connectivity index (χ0n) is 13.4. The molecule has 0 aliphatic carbocycles. The van der Waals surface area contributed by atoms with Crippen molar-refractivity contribution in [3.63, 3.8) is 0 Å². The Kier molecular flexibility index (Phi) is 3.78. The summed E-state index contributed by atoms with van der Waals surface area (Å²) in [5.74, 6) is 0. The lowest BCUT2D eigenvalue weighted by molar-refractivity contribution is 0.00578. The van der Waals surface area contributed by atoms with Crippen molar-refractivity contribution in [2.45, 2.75) is 64.8 Å². The van der Waals surface area contributed by atoms with E-state index < -0.39 is 5.60 Å². The summed E-state index contributed by atoms with van der Waals surface area (Å²) >= 11 is 0. The molecule has 0 aromatic heterocycles. The SMILES string of the molecule is CC(C)(O)Cc1cccc(B2OC(C)(C)C(C)(C)O2)c1. The molecule has 1 aromatic carbocycles. The molecule has 0 spiro atoms. The lowest BCUT2D eigenvalue weighted by Gasteiger charge is -2.32. The van der Waals surface area contributed by atoms with Crippen molar-refractivity contribution in [2.75, 3.05) is 0 Å². The summed E-state index contributed by atoms with van der Waals surface area (Å²) in [7, 11) is -0.346. The lowest BCUT2D eigenvalue weighted by atomic mass is 9.78. The topological polar surface area (TPSA) is 38.7 Å². The molecule has 1 aliphatic rings. The standard InChI is InChI=1S/C16H25BO3/c1-14(2,18)11-12-8-7-9-13(10-12)17-19-15(3,4)16(5,6)20-17/h7-10,18H,11H2,1-6H3. The van der Waals surface area contributed by atoms with Gasteiger partial charge in [0.15, 0.2) is 0 Å². The van der Waals surface area contributed by atoms with Crippen LogP contribution in [0.1, 0.15) is 47.1 Å². The molecule has 0 bridgehead atoms. The molecule has 1 aliphatic heterocycles. The summed E-state index contributed by atoms with van der Waals surface area (Å²) < 4.78 is 12.1. The van der Waals surface area contributed by atoms with Crippen LogP contribution in [0.2, 0.25) is 0 Å². The molecule has 1 aromatic rings. The minimum Gasteiger partial charge on any atom is -0.399 e. The van der Waals surface area contributed by atoms with Gasteiger partial charge in [0.2, 0.25) is 0 Å². The summed E-state index contributed by atoms with van der Waals surface area (Å²) in [5.41, 5.74) is 0.720. The van der Waals surface area contributed by atoms with E-state index in [4.69, 9.17) is 9.31 Å². The molecule has 0 atom stereocenters. The van der Waals surface area contributed by atoms with Crippen LogP contribution in [-0.2, 0) is 15.7 Å². The summed E-state index contributed by atoms with van der Waals surface area (Å²) in [5, 5.41) is 9.93. The monoisotopic (exact) mass is 276 g/mol. The molecule has 0 amide bonds. The highest BCUT2D eigenvalue weighted by Gasteiger charge is 2.51. The van der Waals surface area contributed by atoms with E-state index in [1.807, 2.05) is 59.7 Å². The fraction of sp³-hybridized carbons (Fsp3) is 0.625. The molecule has 0 unspecified atom stereocenters. The Morgan fingerprint density at radius 1 is 1.10 bits per heavy atom. The lowest BCUT2D eigenvalue weighted by Crippen LogP contribution is -2.41. The van der Waals surface area contributed by atoms with Gasteiger partial charge in [-0.05, 0) is 52.6 Å². The van der Waals surface area contributed by atoms with Crippen LogP contribution in [0.25, 0.3) is 0 Å². The fourth-order valence-corrected chi connectivity index (χ4v) is 2.33. The van der Waals surface area contributed by atoms with Crippen LogP contribution in [0.4, 0.5) is 0 Å². The third-order valence-corrected chi connectivity index (χ3v) is 4.11. The third kappa shape index (κ3) is 3.25. The number of aliphatic hydroxyl groups is 1. The second kappa shape index (κ2) is 4.87. The van der Waals surface area contributed by atoms with Gasteiger partial charge in [0.25, 0.3) is 0 Å². The van der Waals surface area contributed by atoms with E-state index in [1.54, 1.807) is 0 Å². The normalized spacial score (nSPS) is 21.2. The van der Waals surface area contributed by atoms with E-state index in [2.05, 4.69) is 6.07 Å². The van der Waals surface area contributed by atoms with Crippen LogP contribution in [-0.4, -0.2) is 29.0 Å². The second-order valence-corrected chi connectivity index (χ2v) is 7.32. The molecule has 110 valence electrons. The highest BCUT2D eigenvalue weighted by Crippen LogP contribution is 2.36. The van der Waals surface area contributed by atoms with Crippen LogP contribution in [0.15, 0.2) is 24.3 Å². The summed E-state index contributed by atoms with van der Waals surface area (Å²) in [4.78, 5) is 0. The molecule has 20 heavy (non-hydrogen) atoms. The van der Waals surface area contributed by atoms with Crippen LogP contribution in [0, 0.1) is 0 Å². The van der Waals surface area contributed by atoms with Gasteiger partial charge in [-0.2, -0.15) is 0 Å². The van der Waals surface area contributed by atoms with Crippen LogP contribution in [0.5, 0.6) is 0 Å². The smallest absolute Gasteiger partial charge is 0.399 e. The minimum atomic E-state index is -0.714. The average molecular weight is 276 g/mol. The van der Waals surface area contributed by atoms with Gasteiger partial charge in [0, 0.05) is 6.42 Å². The highest BCUT2D eigenvalue weighted by atomic mass is 16.7. The Balaban J connectivity index is 2.21. The zero-order chi connectivity index (χ0) is 15.2. The van der Waals surface area contributed by atoms with Crippen molar-refractivity contribution >= 4 is 12.6 Å². The van der Waals surface area contributed by atoms with Gasteiger partial charge in [-0.1, -0.05) is 24.3 Å². The Morgan fingerprint density at radius 3 is 2.15 bits per heavy atom. The van der Waals surface area contributed by atoms with Crippen molar-refractivity contribution in [3.05, 3.63) is 29.8 Å². The van der Waals surface area contributed by atoms with Crippen molar-refractivity contribution in [1.82, 2.24) is 0 Å². The summed E-state index contributed by atoms with van der Waals surface area (Å²) in [6.45, 7) is 11.8. The number of benzene rings is 1. The molecule has 0 saturated carbocycles. The molecule has 1 saturated heterocycles. The maximum absolute atomic E-state index is 9.93. The largest absolute Gasteiger partial charge is 0.494 e. The van der Waals surface area contributed by atoms with E-state index in [9.17, 15) is 5.11 Å². The molecule has 4 heteroatoms. The van der Waals surface area contributed by atoms with Gasteiger partial charge in [0.05, 0.1) is 16.8 Å². The Morgan fingerprint density at radius 2 is 1.65 bits per heavy atom. The fourth-order valence-electron chi connectivity index (χ4n) is 2.33. The van der Waals surface area contributed by atoms with Crippen LogP contribution in [0.3, 0.4) is 0 Å². The van der Waals surface area contributed by atoms with Crippen molar-refractivity contribution < 1.29 is 14.4 Å². The maximum atomic E-state index is 9.93. The Bertz CT molecular complexity index is 473. The predicted octanol–water partition coefficient (Wildman–Crippen LogP) is 2.30. The molecular weight excluding hydrogens is 251 g/mol. The van der Waals surface area contributed by atoms with Gasteiger partial charge in [-0.15, -0.1) is 0 Å². The van der Waals surface area contributed by atoms with Crippen LogP contribution >= 0.6 is 0 Å². The van der Waals surface area contributed by atoms with Crippen LogP contribution < -0.4 is 5.46 Å². The van der Waals surface area contributed by atoms with Gasteiger partial charge in [0.1, 0.15) is 0 Å². The van der Waals surface area contributed by atoms with Crippen molar-refractivity contribution in [1.29, 1.82) is 0 Å². The average Bonchev–Trinajstić information content (AvgIpc) is 2.46. The highest BCUT2D eigenvalue weighted by molar-refractivity contribution is 6.62. The maximum Gasteiger partial charge on any atom is 0.494 e. The zero-order valence-corrected chi connectivity index (χ0v) is 13.4. The first-order valence-electron chi connectivity index (χ1n) is 7.17. The van der Waals surface area contributed by atoms with Gasteiger partial charge in [-0.25, -0.2) is 0 Å². The van der Waals surface area contributed by atoms with Crippen molar-refractivity contribution in [2.24, 2.45) is 0 Å². The molecule has 1 heterocycles. The Labute approximate surface area is 122 Å². The predicted molar refractivity (Wildman–Crippen MR) is 82.2 cm³/mol. The number of hydrogen-bond acceptors (Lipinski definition) is 3. The first-order valence-corrected chi connectivity index (χ1v) is 7.17. The molecule has 1 fully saturated rings.